The molecule has 1 aliphatic heterocycles. The molecule has 41 heavy (non-hydrogen) atoms. The number of aromatic nitrogens is 3. The molecule has 11 heteroatoms. The number of aliphatic hydroxyl groups is 1. The normalized spacial score (nSPS) is 16.4. The van der Waals surface area contributed by atoms with Gasteiger partial charge in [0.1, 0.15) is 11.5 Å². The molecular weight excluding hydrogens is 535 g/mol. The number of carbonyl (C=O) groups excluding carboxylic acids is 1. The summed E-state index contributed by atoms with van der Waals surface area (Å²) >= 11 is 0. The fraction of sp³-hybridized carbons (Fsp3) is 0.333. The highest BCUT2D eigenvalue weighted by Crippen LogP contribution is 2.37. The van der Waals surface area contributed by atoms with Crippen molar-refractivity contribution >= 4 is 22.5 Å². The van der Waals surface area contributed by atoms with Crippen LogP contribution in [0.15, 0.2) is 60.9 Å². The summed E-state index contributed by atoms with van der Waals surface area (Å²) in [6.07, 6.45) is -3.39. The zero-order valence-electron chi connectivity index (χ0n) is 22.4. The molecule has 3 heterocycles. The summed E-state index contributed by atoms with van der Waals surface area (Å²) < 4.78 is 44.6. The Morgan fingerprint density at radius 3 is 2.76 bits per heavy atom. The number of anilines is 1. The monoisotopic (exact) mass is 565 g/mol. The Balaban J connectivity index is 1.43. The molecule has 1 saturated heterocycles. The Hall–Kier alpha value is -4.09. The van der Waals surface area contributed by atoms with Crippen LogP contribution in [0.25, 0.3) is 22.0 Å². The smallest absolute Gasteiger partial charge is 0.414 e. The molecule has 2 aromatic heterocycles. The number of carbonyl (C=O) groups is 1. The highest BCUT2D eigenvalue weighted by molar-refractivity contribution is 5.95. The fourth-order valence-corrected chi connectivity index (χ4v) is 4.91. The van der Waals surface area contributed by atoms with E-state index < -0.39 is 24.5 Å². The second kappa shape index (κ2) is 12.2. The van der Waals surface area contributed by atoms with Crippen LogP contribution in [0.5, 0.6) is 11.6 Å². The molecule has 3 N–H and O–H groups in total. The van der Waals surface area contributed by atoms with E-state index in [1.165, 1.54) is 0 Å². The van der Waals surface area contributed by atoms with Crippen LogP contribution in [0, 0.1) is 6.92 Å². The van der Waals surface area contributed by atoms with Gasteiger partial charge in [0.15, 0.2) is 6.10 Å². The van der Waals surface area contributed by atoms with Crippen molar-refractivity contribution in [3.8, 4) is 22.9 Å². The molecule has 0 unspecified atom stereocenters. The molecule has 0 saturated carbocycles. The van der Waals surface area contributed by atoms with Crippen molar-refractivity contribution < 1.29 is 27.8 Å². The molecule has 214 valence electrons. The van der Waals surface area contributed by atoms with Crippen LogP contribution < -0.4 is 15.4 Å². The number of benzene rings is 2. The molecule has 2 aromatic carbocycles. The minimum Gasteiger partial charge on any atom is -0.437 e. The Bertz CT molecular complexity index is 1540. The molecule has 1 aliphatic rings. The van der Waals surface area contributed by atoms with Gasteiger partial charge < -0.3 is 20.5 Å². The average Bonchev–Trinajstić information content (AvgIpc) is 2.95. The van der Waals surface area contributed by atoms with E-state index in [9.17, 15) is 23.1 Å². The second-order valence-electron chi connectivity index (χ2n) is 10.1. The second-order valence-corrected chi connectivity index (χ2v) is 10.1. The predicted octanol–water partition coefficient (Wildman–Crippen LogP) is 5.38. The Labute approximate surface area is 235 Å². The van der Waals surface area contributed by atoms with Crippen molar-refractivity contribution in [2.75, 3.05) is 18.4 Å². The Morgan fingerprint density at radius 2 is 1.98 bits per heavy atom. The lowest BCUT2D eigenvalue weighted by Crippen LogP contribution is -2.38. The number of nitrogens with zero attached hydrogens (tertiary/aromatic N) is 3. The SMILES string of the molecule is Cc1ccc2c(CC(=O)C[C@@H](O)C(F)(F)F)cccc2c1Oc1ncccc1-c1ccnc(N[C@H]2CCCNC2)n1. The number of ether oxygens (including phenoxy) is 1. The number of hydrogen-bond donors (Lipinski definition) is 3. The van der Waals surface area contributed by atoms with Crippen LogP contribution >= 0.6 is 0 Å². The third-order valence-electron chi connectivity index (χ3n) is 7.02. The molecule has 0 radical (unpaired) electrons. The molecule has 0 amide bonds. The first-order valence-electron chi connectivity index (χ1n) is 13.4. The van der Waals surface area contributed by atoms with Crippen LogP contribution in [0.1, 0.15) is 30.4 Å². The number of fused-ring (bicyclic) bond motifs is 1. The number of Topliss-reactive ketones (excluding diaryl/α,β-unsaturated/α-hetero) is 1. The lowest BCUT2D eigenvalue weighted by molar-refractivity contribution is -0.205. The van der Waals surface area contributed by atoms with E-state index in [0.29, 0.717) is 45.2 Å². The number of pyridine rings is 1. The van der Waals surface area contributed by atoms with Crippen LogP contribution in [-0.4, -0.2) is 57.3 Å². The molecule has 5 rings (SSSR count). The van der Waals surface area contributed by atoms with Crippen molar-refractivity contribution in [1.82, 2.24) is 20.3 Å². The maximum Gasteiger partial charge on any atom is 0.414 e. The van der Waals surface area contributed by atoms with Gasteiger partial charge >= 0.3 is 6.18 Å². The van der Waals surface area contributed by atoms with E-state index in [1.807, 2.05) is 31.2 Å². The van der Waals surface area contributed by atoms with Gasteiger partial charge in [-0.25, -0.2) is 15.0 Å². The van der Waals surface area contributed by atoms with Gasteiger partial charge in [-0.15, -0.1) is 0 Å². The van der Waals surface area contributed by atoms with E-state index in [0.717, 1.165) is 31.5 Å². The van der Waals surface area contributed by atoms with Crippen LogP contribution in [0.3, 0.4) is 0 Å². The van der Waals surface area contributed by atoms with Crippen LogP contribution in [0.2, 0.25) is 0 Å². The summed E-state index contributed by atoms with van der Waals surface area (Å²) in [5, 5.41) is 17.4. The summed E-state index contributed by atoms with van der Waals surface area (Å²) in [5.74, 6) is 0.626. The maximum absolute atomic E-state index is 12.7. The highest BCUT2D eigenvalue weighted by atomic mass is 19.4. The maximum atomic E-state index is 12.7. The first-order valence-corrected chi connectivity index (χ1v) is 13.4. The highest BCUT2D eigenvalue weighted by Gasteiger charge is 2.39. The van der Waals surface area contributed by atoms with Crippen LogP contribution in [0.4, 0.5) is 19.1 Å². The summed E-state index contributed by atoms with van der Waals surface area (Å²) in [4.78, 5) is 25.9. The standard InChI is InChI=1S/C30H30F3N5O3/c1-18-9-10-22-19(15-21(39)16-26(40)30(31,32)33)5-2-7-23(22)27(18)41-28-24(8-4-13-35-28)25-11-14-36-29(38-25)37-20-6-3-12-34-17-20/h2,4-5,7-11,13-14,20,26,34,40H,3,6,12,15-17H2,1H3,(H,36,37,38)/t20-,26+/m0/s1. The van der Waals surface area contributed by atoms with Gasteiger partial charge in [-0.05, 0) is 61.0 Å². The minimum atomic E-state index is -4.85. The molecule has 0 spiro atoms. The largest absolute Gasteiger partial charge is 0.437 e. The third kappa shape index (κ3) is 6.80. The number of ketones is 1. The summed E-state index contributed by atoms with van der Waals surface area (Å²) in [6.45, 7) is 3.72. The molecule has 2 atom stereocenters. The number of aryl methyl sites for hydroxylation is 1. The van der Waals surface area contributed by atoms with Crippen molar-refractivity contribution in [3.05, 3.63) is 72.1 Å². The molecule has 4 aromatic rings. The van der Waals surface area contributed by atoms with Gasteiger partial charge in [-0.1, -0.05) is 30.3 Å². The number of nitrogens with one attached hydrogen (secondary N) is 2. The van der Waals surface area contributed by atoms with Gasteiger partial charge in [0.25, 0.3) is 0 Å². The molecule has 8 nitrogen and oxygen atoms in total. The van der Waals surface area contributed by atoms with E-state index in [4.69, 9.17) is 9.72 Å². The van der Waals surface area contributed by atoms with E-state index >= 15 is 0 Å². The van der Waals surface area contributed by atoms with Crippen molar-refractivity contribution in [1.29, 1.82) is 0 Å². The fourth-order valence-electron chi connectivity index (χ4n) is 4.91. The zero-order chi connectivity index (χ0) is 29.0. The number of piperidine rings is 1. The van der Waals surface area contributed by atoms with Gasteiger partial charge in [0.2, 0.25) is 11.8 Å². The van der Waals surface area contributed by atoms with Crippen molar-refractivity contribution in [2.24, 2.45) is 0 Å². The quantitative estimate of drug-likeness (QED) is 0.248. The lowest BCUT2D eigenvalue weighted by Gasteiger charge is -2.23. The Kier molecular flexibility index (Phi) is 8.46. The van der Waals surface area contributed by atoms with E-state index in [-0.39, 0.29) is 12.5 Å². The molecular formula is C30H30F3N5O3. The number of alkyl halides is 3. The first-order chi connectivity index (χ1) is 19.7. The number of halogens is 3. The zero-order valence-corrected chi connectivity index (χ0v) is 22.4. The summed E-state index contributed by atoms with van der Waals surface area (Å²) in [6, 6.07) is 14.5. The van der Waals surface area contributed by atoms with E-state index in [1.54, 1.807) is 36.7 Å². The Morgan fingerprint density at radius 1 is 1.12 bits per heavy atom. The van der Waals surface area contributed by atoms with E-state index in [2.05, 4.69) is 20.6 Å². The van der Waals surface area contributed by atoms with Gasteiger partial charge in [0.05, 0.1) is 11.3 Å². The molecule has 1 fully saturated rings. The lowest BCUT2D eigenvalue weighted by atomic mass is 9.96. The summed E-state index contributed by atoms with van der Waals surface area (Å²) in [5.41, 5.74) is 2.63. The van der Waals surface area contributed by atoms with Crippen LogP contribution in [-0.2, 0) is 11.2 Å². The van der Waals surface area contributed by atoms with Gasteiger partial charge in [0, 0.05) is 43.2 Å². The van der Waals surface area contributed by atoms with Gasteiger partial charge in [-0.3, -0.25) is 4.79 Å². The van der Waals surface area contributed by atoms with Gasteiger partial charge in [-0.2, -0.15) is 13.2 Å². The van der Waals surface area contributed by atoms with Crippen molar-refractivity contribution in [3.63, 3.8) is 0 Å². The molecule has 0 aliphatic carbocycles. The topological polar surface area (TPSA) is 109 Å². The average molecular weight is 566 g/mol. The third-order valence-corrected chi connectivity index (χ3v) is 7.02. The summed E-state index contributed by atoms with van der Waals surface area (Å²) in [7, 11) is 0. The number of aliphatic hydroxyl groups excluding tert-OH is 1. The number of rotatable bonds is 9. The minimum absolute atomic E-state index is 0.236. The number of hydrogen-bond acceptors (Lipinski definition) is 8. The first kappa shape index (κ1) is 28.4. The predicted molar refractivity (Wildman–Crippen MR) is 149 cm³/mol. The van der Waals surface area contributed by atoms with Crippen molar-refractivity contribution in [2.45, 2.75) is 50.9 Å². The molecule has 0 bridgehead atoms.